The summed E-state index contributed by atoms with van der Waals surface area (Å²) in [4.78, 5) is 28.9. The Balaban J connectivity index is 2.03. The zero-order chi connectivity index (χ0) is 19.3. The van der Waals surface area contributed by atoms with Crippen LogP contribution in [0.5, 0.6) is 0 Å². The smallest absolute Gasteiger partial charge is 0.321 e. The van der Waals surface area contributed by atoms with Gasteiger partial charge in [-0.1, -0.05) is 32.9 Å². The number of carboxylic acids is 1. The van der Waals surface area contributed by atoms with Crippen molar-refractivity contribution in [3.63, 3.8) is 0 Å². The number of carboxylic acid groups (broad SMARTS) is 1. The number of aromatic nitrogens is 2. The van der Waals surface area contributed by atoms with E-state index in [0.717, 1.165) is 11.4 Å². The summed E-state index contributed by atoms with van der Waals surface area (Å²) in [6, 6.07) is 7.27. The SMILES string of the molecule is CC(CN(C)C(=O)Nc1cccc(Cn2ccnc2C(C)C)c1)C(=O)O. The van der Waals surface area contributed by atoms with Gasteiger partial charge in [-0.05, 0) is 17.7 Å². The second kappa shape index (κ2) is 8.51. The maximum Gasteiger partial charge on any atom is 0.321 e. The monoisotopic (exact) mass is 358 g/mol. The molecular weight excluding hydrogens is 332 g/mol. The average Bonchev–Trinajstić information content (AvgIpc) is 3.03. The molecule has 1 aromatic carbocycles. The zero-order valence-corrected chi connectivity index (χ0v) is 15.6. The van der Waals surface area contributed by atoms with E-state index in [9.17, 15) is 9.59 Å². The lowest BCUT2D eigenvalue weighted by Gasteiger charge is -2.20. The number of benzene rings is 1. The van der Waals surface area contributed by atoms with Gasteiger partial charge in [0.05, 0.1) is 5.92 Å². The third-order valence-corrected chi connectivity index (χ3v) is 4.11. The van der Waals surface area contributed by atoms with Crippen molar-refractivity contribution in [1.29, 1.82) is 0 Å². The second-order valence-electron chi connectivity index (χ2n) is 6.82. The summed E-state index contributed by atoms with van der Waals surface area (Å²) in [5.41, 5.74) is 1.72. The summed E-state index contributed by atoms with van der Waals surface area (Å²) >= 11 is 0. The molecule has 1 atom stereocenters. The fourth-order valence-corrected chi connectivity index (χ4v) is 2.69. The van der Waals surface area contributed by atoms with Crippen LogP contribution in [-0.2, 0) is 11.3 Å². The molecule has 2 rings (SSSR count). The average molecular weight is 358 g/mol. The van der Waals surface area contributed by atoms with E-state index in [-0.39, 0.29) is 12.6 Å². The number of amides is 2. The number of hydrogen-bond acceptors (Lipinski definition) is 3. The summed E-state index contributed by atoms with van der Waals surface area (Å²) in [6.07, 6.45) is 3.74. The highest BCUT2D eigenvalue weighted by molar-refractivity contribution is 5.89. The Hall–Kier alpha value is -2.83. The lowest BCUT2D eigenvalue weighted by Crippen LogP contribution is -2.36. The molecule has 0 fully saturated rings. The molecule has 1 unspecified atom stereocenters. The number of hydrogen-bond donors (Lipinski definition) is 2. The first-order chi connectivity index (χ1) is 12.3. The van der Waals surface area contributed by atoms with Crippen molar-refractivity contribution in [3.8, 4) is 0 Å². The third-order valence-electron chi connectivity index (χ3n) is 4.11. The topological polar surface area (TPSA) is 87.5 Å². The van der Waals surface area contributed by atoms with Crippen molar-refractivity contribution in [1.82, 2.24) is 14.5 Å². The minimum atomic E-state index is -0.923. The molecule has 2 aromatic rings. The van der Waals surface area contributed by atoms with E-state index in [0.29, 0.717) is 18.2 Å². The number of imidazole rings is 1. The number of nitrogens with zero attached hydrogens (tertiary/aromatic N) is 3. The highest BCUT2D eigenvalue weighted by Crippen LogP contribution is 2.17. The Morgan fingerprint density at radius 2 is 2.04 bits per heavy atom. The summed E-state index contributed by atoms with van der Waals surface area (Å²) in [6.45, 7) is 6.59. The number of carbonyl (C=O) groups excluding carboxylic acids is 1. The minimum Gasteiger partial charge on any atom is -0.481 e. The van der Waals surface area contributed by atoms with Gasteiger partial charge < -0.3 is 19.9 Å². The van der Waals surface area contributed by atoms with Gasteiger partial charge in [0.1, 0.15) is 5.82 Å². The maximum atomic E-state index is 12.2. The normalized spacial score (nSPS) is 12.0. The molecule has 0 aliphatic rings. The fraction of sp³-hybridized carbons (Fsp3) is 0.421. The van der Waals surface area contributed by atoms with Gasteiger partial charge in [-0.15, -0.1) is 0 Å². The first kappa shape index (κ1) is 19.5. The largest absolute Gasteiger partial charge is 0.481 e. The molecule has 0 bridgehead atoms. The maximum absolute atomic E-state index is 12.2. The van der Waals surface area contributed by atoms with Crippen molar-refractivity contribution >= 4 is 17.7 Å². The first-order valence-electron chi connectivity index (χ1n) is 8.62. The van der Waals surface area contributed by atoms with E-state index in [1.165, 1.54) is 4.90 Å². The van der Waals surface area contributed by atoms with Crippen molar-refractivity contribution in [2.24, 2.45) is 5.92 Å². The van der Waals surface area contributed by atoms with Crippen LogP contribution in [0.4, 0.5) is 10.5 Å². The molecule has 0 saturated carbocycles. The molecule has 26 heavy (non-hydrogen) atoms. The van der Waals surface area contributed by atoms with Gasteiger partial charge in [-0.25, -0.2) is 9.78 Å². The van der Waals surface area contributed by atoms with Crippen molar-refractivity contribution in [2.75, 3.05) is 18.9 Å². The Bertz CT molecular complexity index is 770. The van der Waals surface area contributed by atoms with Gasteiger partial charge in [0.2, 0.25) is 0 Å². The van der Waals surface area contributed by atoms with Gasteiger partial charge in [0, 0.05) is 44.1 Å². The van der Waals surface area contributed by atoms with Crippen LogP contribution in [-0.4, -0.2) is 45.2 Å². The van der Waals surface area contributed by atoms with Gasteiger partial charge >= 0.3 is 12.0 Å². The number of anilines is 1. The summed E-state index contributed by atoms with van der Waals surface area (Å²) in [5, 5.41) is 11.8. The van der Waals surface area contributed by atoms with Crippen LogP contribution in [0.15, 0.2) is 36.7 Å². The standard InChI is InChI=1S/C19H26N4O3/c1-13(2)17-20-8-9-23(17)12-15-6-5-7-16(10-15)21-19(26)22(4)11-14(3)18(24)25/h5-10,13-14H,11-12H2,1-4H3,(H,21,26)(H,24,25). The van der Waals surface area contributed by atoms with E-state index >= 15 is 0 Å². The molecule has 0 radical (unpaired) electrons. The number of aliphatic carboxylic acids is 1. The molecule has 0 spiro atoms. The van der Waals surface area contributed by atoms with Gasteiger partial charge in [-0.2, -0.15) is 0 Å². The van der Waals surface area contributed by atoms with Gasteiger partial charge in [-0.3, -0.25) is 4.79 Å². The number of rotatable bonds is 7. The zero-order valence-electron chi connectivity index (χ0n) is 15.6. The quantitative estimate of drug-likeness (QED) is 0.795. The Kier molecular flexibility index (Phi) is 6.38. The summed E-state index contributed by atoms with van der Waals surface area (Å²) in [7, 11) is 1.58. The molecular formula is C19H26N4O3. The molecule has 0 aliphatic carbocycles. The summed E-state index contributed by atoms with van der Waals surface area (Å²) in [5.74, 6) is -0.194. The molecule has 1 heterocycles. The molecule has 2 amide bonds. The molecule has 0 saturated heterocycles. The number of nitrogens with one attached hydrogen (secondary N) is 1. The lowest BCUT2D eigenvalue weighted by atomic mass is 10.1. The van der Waals surface area contributed by atoms with Gasteiger partial charge in [0.25, 0.3) is 0 Å². The molecule has 7 nitrogen and oxygen atoms in total. The van der Waals surface area contributed by atoms with Crippen LogP contribution in [0.1, 0.15) is 38.1 Å². The van der Waals surface area contributed by atoms with E-state index in [1.807, 2.05) is 30.5 Å². The Labute approximate surface area is 153 Å². The van der Waals surface area contributed by atoms with Crippen molar-refractivity contribution in [2.45, 2.75) is 33.2 Å². The predicted octanol–water partition coefficient (Wildman–Crippen LogP) is 3.24. The van der Waals surface area contributed by atoms with Gasteiger partial charge in [0.15, 0.2) is 0 Å². The highest BCUT2D eigenvalue weighted by Gasteiger charge is 2.17. The second-order valence-corrected chi connectivity index (χ2v) is 6.82. The Morgan fingerprint density at radius 1 is 1.31 bits per heavy atom. The predicted molar refractivity (Wildman–Crippen MR) is 100 cm³/mol. The molecule has 140 valence electrons. The van der Waals surface area contributed by atoms with Crippen LogP contribution in [0.25, 0.3) is 0 Å². The van der Waals surface area contributed by atoms with Crippen LogP contribution < -0.4 is 5.32 Å². The molecule has 0 aliphatic heterocycles. The van der Waals surface area contributed by atoms with Crippen LogP contribution >= 0.6 is 0 Å². The summed E-state index contributed by atoms with van der Waals surface area (Å²) < 4.78 is 2.09. The van der Waals surface area contributed by atoms with E-state index < -0.39 is 11.9 Å². The van der Waals surface area contributed by atoms with E-state index in [1.54, 1.807) is 20.2 Å². The fourth-order valence-electron chi connectivity index (χ4n) is 2.69. The van der Waals surface area contributed by atoms with E-state index in [2.05, 4.69) is 28.7 Å². The first-order valence-corrected chi connectivity index (χ1v) is 8.62. The molecule has 1 aromatic heterocycles. The number of urea groups is 1. The highest BCUT2D eigenvalue weighted by atomic mass is 16.4. The number of carbonyl (C=O) groups is 2. The van der Waals surface area contributed by atoms with E-state index in [4.69, 9.17) is 5.11 Å². The lowest BCUT2D eigenvalue weighted by molar-refractivity contribution is -0.141. The van der Waals surface area contributed by atoms with Crippen LogP contribution in [0.2, 0.25) is 0 Å². The Morgan fingerprint density at radius 3 is 2.69 bits per heavy atom. The minimum absolute atomic E-state index is 0.146. The van der Waals surface area contributed by atoms with Crippen molar-refractivity contribution < 1.29 is 14.7 Å². The van der Waals surface area contributed by atoms with Crippen molar-refractivity contribution in [3.05, 3.63) is 48.0 Å². The molecule has 7 heteroatoms. The van der Waals surface area contributed by atoms with Crippen LogP contribution in [0, 0.1) is 5.92 Å². The van der Waals surface area contributed by atoms with Crippen LogP contribution in [0.3, 0.4) is 0 Å². The third kappa shape index (κ3) is 5.08. The molecule has 2 N–H and O–H groups in total.